The molecular weight excluding hydrogens is 354 g/mol. The lowest BCUT2D eigenvalue weighted by atomic mass is 10.0. The molecule has 1 radical (unpaired) electrons. The number of nitrogens with zero attached hydrogens (tertiary/aromatic N) is 2. The second-order valence-electron chi connectivity index (χ2n) is 7.46. The monoisotopic (exact) mass is 390 g/mol. The van der Waals surface area contributed by atoms with Crippen LogP contribution in [-0.4, -0.2) is 22.4 Å². The Morgan fingerprint density at radius 2 is 1.46 bits per heavy atom. The molecule has 1 amide bonds. The van der Waals surface area contributed by atoms with Crippen LogP contribution >= 0.6 is 0 Å². The van der Waals surface area contributed by atoms with E-state index < -0.39 is 4.92 Å². The molecule has 1 aromatic heterocycles. The van der Waals surface area contributed by atoms with Gasteiger partial charge in [0.25, 0.3) is 11.6 Å². The van der Waals surface area contributed by atoms with E-state index in [1.807, 2.05) is 0 Å². The molecule has 0 aliphatic carbocycles. The van der Waals surface area contributed by atoms with Crippen LogP contribution in [0, 0.1) is 16.3 Å². The minimum atomic E-state index is -0.564. The first kappa shape index (κ1) is 24.1. The van der Waals surface area contributed by atoms with Crippen LogP contribution < -0.4 is 5.32 Å². The van der Waals surface area contributed by atoms with Gasteiger partial charge in [0.1, 0.15) is 12.4 Å². The zero-order valence-corrected chi connectivity index (χ0v) is 17.4. The highest BCUT2D eigenvalue weighted by molar-refractivity contribution is 5.94. The van der Waals surface area contributed by atoms with Crippen molar-refractivity contribution >= 4 is 11.6 Å². The number of carbonyl (C=O) groups excluding carboxylic acids is 1. The Bertz CT molecular complexity index is 564. The molecule has 1 N–H and O–H groups in total. The van der Waals surface area contributed by atoms with Gasteiger partial charge in [-0.2, -0.15) is 0 Å². The third-order valence-corrected chi connectivity index (χ3v) is 4.95. The maximum Gasteiger partial charge on any atom is 0.288 e. The summed E-state index contributed by atoms with van der Waals surface area (Å²) in [4.78, 5) is 25.7. The van der Waals surface area contributed by atoms with Gasteiger partial charge < -0.3 is 5.32 Å². The van der Waals surface area contributed by atoms with Gasteiger partial charge in [0, 0.05) is 12.6 Å². The SMILES string of the molecule is CCCCCCCCCCCCCCCCNC(=O)c1[c]ncc([N+](=O)[O-])c1. The summed E-state index contributed by atoms with van der Waals surface area (Å²) < 4.78 is 0. The first-order valence-electron chi connectivity index (χ1n) is 11.0. The molecule has 0 saturated carbocycles. The molecule has 0 aromatic carbocycles. The lowest BCUT2D eigenvalue weighted by molar-refractivity contribution is -0.385. The number of pyridine rings is 1. The van der Waals surface area contributed by atoms with Crippen LogP contribution in [0.15, 0.2) is 12.3 Å². The van der Waals surface area contributed by atoms with Crippen molar-refractivity contribution < 1.29 is 9.72 Å². The van der Waals surface area contributed by atoms with Crippen LogP contribution in [0.3, 0.4) is 0 Å². The summed E-state index contributed by atoms with van der Waals surface area (Å²) in [6, 6.07) is 1.20. The highest BCUT2D eigenvalue weighted by Gasteiger charge is 2.12. The topological polar surface area (TPSA) is 85.1 Å². The normalized spacial score (nSPS) is 10.8. The number of nitro groups is 1. The van der Waals surface area contributed by atoms with Crippen molar-refractivity contribution in [3.8, 4) is 0 Å². The van der Waals surface area contributed by atoms with Crippen LogP contribution in [0.25, 0.3) is 0 Å². The van der Waals surface area contributed by atoms with E-state index in [9.17, 15) is 14.9 Å². The molecule has 0 atom stereocenters. The number of carbonyl (C=O) groups is 1. The minimum Gasteiger partial charge on any atom is -0.352 e. The first-order chi connectivity index (χ1) is 13.6. The first-order valence-corrected chi connectivity index (χ1v) is 11.0. The Morgan fingerprint density at radius 1 is 0.964 bits per heavy atom. The molecule has 0 spiro atoms. The van der Waals surface area contributed by atoms with E-state index in [2.05, 4.69) is 23.4 Å². The van der Waals surface area contributed by atoms with Gasteiger partial charge in [0.2, 0.25) is 0 Å². The highest BCUT2D eigenvalue weighted by Crippen LogP contribution is 2.13. The molecule has 1 heterocycles. The summed E-state index contributed by atoms with van der Waals surface area (Å²) in [6.07, 6.45) is 21.7. The molecule has 0 bridgehead atoms. The van der Waals surface area contributed by atoms with Gasteiger partial charge in [0.05, 0.1) is 10.5 Å². The lowest BCUT2D eigenvalue weighted by Crippen LogP contribution is -2.24. The van der Waals surface area contributed by atoms with E-state index in [0.29, 0.717) is 6.54 Å². The number of hydrogen-bond acceptors (Lipinski definition) is 4. The van der Waals surface area contributed by atoms with Crippen LogP contribution in [0.1, 0.15) is 107 Å². The molecule has 1 aromatic rings. The molecule has 0 aliphatic rings. The zero-order valence-electron chi connectivity index (χ0n) is 17.4. The highest BCUT2D eigenvalue weighted by atomic mass is 16.6. The van der Waals surface area contributed by atoms with E-state index >= 15 is 0 Å². The summed E-state index contributed by atoms with van der Waals surface area (Å²) in [5, 5.41) is 13.5. The van der Waals surface area contributed by atoms with Crippen molar-refractivity contribution in [1.82, 2.24) is 10.3 Å². The average molecular weight is 391 g/mol. The van der Waals surface area contributed by atoms with Crippen LogP contribution in [0.4, 0.5) is 5.69 Å². The van der Waals surface area contributed by atoms with Crippen LogP contribution in [0.2, 0.25) is 0 Å². The molecule has 157 valence electrons. The van der Waals surface area contributed by atoms with Gasteiger partial charge in [-0.15, -0.1) is 0 Å². The number of nitrogens with one attached hydrogen (secondary N) is 1. The Morgan fingerprint density at radius 3 is 1.96 bits per heavy atom. The van der Waals surface area contributed by atoms with Crippen molar-refractivity contribution in [2.45, 2.75) is 96.8 Å². The number of amides is 1. The standard InChI is InChI=1S/C22H36N3O3/c1-2-3-4-5-6-7-8-9-10-11-12-13-14-15-16-24-22(26)20-17-21(25(27)28)19-23-18-20/h17,19H,2-16H2,1H3,(H,24,26). The van der Waals surface area contributed by atoms with E-state index in [1.165, 1.54) is 83.1 Å². The number of aromatic nitrogens is 1. The Balaban J connectivity index is 1.92. The Kier molecular flexibility index (Phi) is 13.8. The Hall–Kier alpha value is -1.98. The zero-order chi connectivity index (χ0) is 20.5. The van der Waals surface area contributed by atoms with Gasteiger partial charge in [0.15, 0.2) is 0 Å². The molecule has 28 heavy (non-hydrogen) atoms. The van der Waals surface area contributed by atoms with Gasteiger partial charge in [-0.1, -0.05) is 90.4 Å². The summed E-state index contributed by atoms with van der Waals surface area (Å²) in [7, 11) is 0. The fourth-order valence-corrected chi connectivity index (χ4v) is 3.22. The molecule has 0 fully saturated rings. The molecule has 0 unspecified atom stereocenters. The summed E-state index contributed by atoms with van der Waals surface area (Å²) in [5.41, 5.74) is -0.0834. The summed E-state index contributed by atoms with van der Waals surface area (Å²) >= 11 is 0. The van der Waals surface area contributed by atoms with Crippen LogP contribution in [-0.2, 0) is 0 Å². The predicted octanol–water partition coefficient (Wildman–Crippen LogP) is 6.00. The summed E-state index contributed by atoms with van der Waals surface area (Å²) in [5.74, 6) is -0.356. The smallest absolute Gasteiger partial charge is 0.288 e. The van der Waals surface area contributed by atoms with Gasteiger partial charge in [-0.05, 0) is 6.42 Å². The number of hydrogen-bond donors (Lipinski definition) is 1. The fraction of sp³-hybridized carbons (Fsp3) is 0.727. The van der Waals surface area contributed by atoms with Crippen molar-refractivity contribution in [1.29, 1.82) is 0 Å². The van der Waals surface area contributed by atoms with E-state index in [-0.39, 0.29) is 17.2 Å². The quantitative estimate of drug-likeness (QED) is 0.201. The second kappa shape index (κ2) is 16.0. The van der Waals surface area contributed by atoms with Crippen LogP contribution in [0.5, 0.6) is 0 Å². The average Bonchev–Trinajstić information content (AvgIpc) is 2.70. The Labute approximate surface area is 169 Å². The third kappa shape index (κ3) is 11.7. The van der Waals surface area contributed by atoms with Gasteiger partial charge >= 0.3 is 0 Å². The molecule has 1 rings (SSSR count). The molecule has 6 nitrogen and oxygen atoms in total. The molecular formula is C22H36N3O3. The second-order valence-corrected chi connectivity index (χ2v) is 7.46. The largest absolute Gasteiger partial charge is 0.352 e. The van der Waals surface area contributed by atoms with Gasteiger partial charge in [-0.3, -0.25) is 14.9 Å². The van der Waals surface area contributed by atoms with Crippen molar-refractivity contribution in [3.63, 3.8) is 0 Å². The molecule has 0 aliphatic heterocycles. The van der Waals surface area contributed by atoms with E-state index in [0.717, 1.165) is 19.0 Å². The number of rotatable bonds is 17. The fourth-order valence-electron chi connectivity index (χ4n) is 3.22. The number of unbranched alkanes of at least 4 members (excludes halogenated alkanes) is 13. The van der Waals surface area contributed by atoms with E-state index in [1.54, 1.807) is 0 Å². The molecule has 0 saturated heterocycles. The maximum atomic E-state index is 11.9. The predicted molar refractivity (Wildman–Crippen MR) is 112 cm³/mol. The van der Waals surface area contributed by atoms with Crippen molar-refractivity contribution in [2.24, 2.45) is 0 Å². The third-order valence-electron chi connectivity index (χ3n) is 4.95. The van der Waals surface area contributed by atoms with E-state index in [4.69, 9.17) is 0 Å². The maximum absolute atomic E-state index is 11.9. The summed E-state index contributed by atoms with van der Waals surface area (Å²) in [6.45, 7) is 2.83. The molecule has 6 heteroatoms. The minimum absolute atomic E-state index is 0.111. The lowest BCUT2D eigenvalue weighted by Gasteiger charge is -2.05. The van der Waals surface area contributed by atoms with Gasteiger partial charge in [-0.25, -0.2) is 4.98 Å². The van der Waals surface area contributed by atoms with Crippen molar-refractivity contribution in [2.75, 3.05) is 6.54 Å². The van der Waals surface area contributed by atoms with Crippen molar-refractivity contribution in [3.05, 3.63) is 34.1 Å².